The van der Waals surface area contributed by atoms with Crippen LogP contribution in [-0.4, -0.2) is 14.9 Å². The molecule has 0 saturated carbocycles. The first-order valence-electron chi connectivity index (χ1n) is 6.34. The molecule has 2 aromatic carbocycles. The van der Waals surface area contributed by atoms with E-state index in [0.717, 1.165) is 11.1 Å². The molecular formula is C15H17O5P. The van der Waals surface area contributed by atoms with Crippen LogP contribution < -0.4 is 4.52 Å². The summed E-state index contributed by atoms with van der Waals surface area (Å²) in [4.78, 5) is 17.5. The number of rotatable bonds is 4. The Morgan fingerprint density at radius 1 is 0.905 bits per heavy atom. The van der Waals surface area contributed by atoms with Crippen LogP contribution >= 0.6 is 7.82 Å². The molecule has 21 heavy (non-hydrogen) atoms. The van der Waals surface area contributed by atoms with E-state index >= 15 is 0 Å². The van der Waals surface area contributed by atoms with Crippen LogP contribution in [0.1, 0.15) is 25.0 Å². The minimum atomic E-state index is -4.53. The molecule has 0 spiro atoms. The summed E-state index contributed by atoms with van der Waals surface area (Å²) in [5, 5.41) is 9.35. The van der Waals surface area contributed by atoms with Gasteiger partial charge in [0.05, 0.1) is 0 Å². The highest BCUT2D eigenvalue weighted by molar-refractivity contribution is 7.46. The minimum Gasteiger partial charge on any atom is -0.508 e. The minimum absolute atomic E-state index is 0.119. The standard InChI is InChI=1S/C15H17O5P/c1-15(2,11-3-7-13(16)8-4-11)12-5-9-14(10-6-12)20-21(17,18)19/h3-10,16H,1-2H3,(H2,17,18,19). The van der Waals surface area contributed by atoms with Crippen molar-refractivity contribution in [2.45, 2.75) is 19.3 Å². The summed E-state index contributed by atoms with van der Waals surface area (Å²) in [5.74, 6) is 0.327. The third-order valence-corrected chi connectivity index (χ3v) is 3.84. The van der Waals surface area contributed by atoms with Crippen molar-refractivity contribution in [3.05, 3.63) is 59.7 Å². The van der Waals surface area contributed by atoms with Gasteiger partial charge in [0.2, 0.25) is 0 Å². The molecule has 0 unspecified atom stereocenters. The van der Waals surface area contributed by atoms with E-state index < -0.39 is 7.82 Å². The monoisotopic (exact) mass is 308 g/mol. The second-order valence-electron chi connectivity index (χ2n) is 5.28. The topological polar surface area (TPSA) is 87.0 Å². The van der Waals surface area contributed by atoms with Crippen LogP contribution in [0.4, 0.5) is 0 Å². The first-order chi connectivity index (χ1) is 9.68. The first-order valence-corrected chi connectivity index (χ1v) is 7.87. The van der Waals surface area contributed by atoms with Crippen molar-refractivity contribution in [1.82, 2.24) is 0 Å². The first kappa shape index (κ1) is 15.6. The quantitative estimate of drug-likeness (QED) is 0.755. The molecule has 0 atom stereocenters. The molecule has 6 heteroatoms. The zero-order chi connectivity index (χ0) is 15.7. The Hall–Kier alpha value is -1.81. The molecule has 3 N–H and O–H groups in total. The van der Waals surface area contributed by atoms with Gasteiger partial charge in [-0.05, 0) is 35.4 Å². The molecule has 0 heterocycles. The lowest BCUT2D eigenvalue weighted by Gasteiger charge is -2.26. The van der Waals surface area contributed by atoms with Crippen molar-refractivity contribution < 1.29 is 24.0 Å². The van der Waals surface area contributed by atoms with Crippen LogP contribution in [0.3, 0.4) is 0 Å². The SMILES string of the molecule is CC(C)(c1ccc(O)cc1)c1ccc(OP(=O)(O)O)cc1. The number of phenolic OH excluding ortho intramolecular Hbond substituents is 1. The Kier molecular flexibility index (Phi) is 4.10. The second kappa shape index (κ2) is 5.53. The highest BCUT2D eigenvalue weighted by Gasteiger charge is 2.23. The summed E-state index contributed by atoms with van der Waals surface area (Å²) >= 11 is 0. The maximum atomic E-state index is 10.8. The van der Waals surface area contributed by atoms with E-state index in [2.05, 4.69) is 4.52 Å². The van der Waals surface area contributed by atoms with E-state index in [1.54, 1.807) is 24.3 Å². The fourth-order valence-electron chi connectivity index (χ4n) is 2.11. The van der Waals surface area contributed by atoms with Gasteiger partial charge in [0.25, 0.3) is 0 Å². The van der Waals surface area contributed by atoms with E-state index in [-0.39, 0.29) is 16.9 Å². The fourth-order valence-corrected chi connectivity index (χ4v) is 2.51. The van der Waals surface area contributed by atoms with Gasteiger partial charge in [0, 0.05) is 5.41 Å². The molecular weight excluding hydrogens is 291 g/mol. The van der Waals surface area contributed by atoms with Crippen LogP contribution in [0, 0.1) is 0 Å². The summed E-state index contributed by atoms with van der Waals surface area (Å²) < 4.78 is 15.3. The lowest BCUT2D eigenvalue weighted by molar-refractivity contribution is 0.283. The molecule has 0 aliphatic carbocycles. The van der Waals surface area contributed by atoms with Gasteiger partial charge >= 0.3 is 7.82 Å². The fraction of sp³-hybridized carbons (Fsp3) is 0.200. The average molecular weight is 308 g/mol. The van der Waals surface area contributed by atoms with Gasteiger partial charge in [-0.1, -0.05) is 38.1 Å². The van der Waals surface area contributed by atoms with Crippen molar-refractivity contribution in [3.8, 4) is 11.5 Å². The maximum absolute atomic E-state index is 10.8. The van der Waals surface area contributed by atoms with Crippen molar-refractivity contribution in [2.24, 2.45) is 0 Å². The van der Waals surface area contributed by atoms with Gasteiger partial charge in [0.15, 0.2) is 0 Å². The number of benzene rings is 2. The number of phosphoric acid groups is 1. The average Bonchev–Trinajstić information content (AvgIpc) is 2.38. The van der Waals surface area contributed by atoms with Crippen molar-refractivity contribution in [1.29, 1.82) is 0 Å². The summed E-state index contributed by atoms with van der Waals surface area (Å²) in [6, 6.07) is 13.5. The molecule has 0 radical (unpaired) electrons. The molecule has 0 saturated heterocycles. The molecule has 0 amide bonds. The molecule has 112 valence electrons. The van der Waals surface area contributed by atoms with Crippen molar-refractivity contribution in [2.75, 3.05) is 0 Å². The highest BCUT2D eigenvalue weighted by atomic mass is 31.2. The Morgan fingerprint density at radius 2 is 1.33 bits per heavy atom. The Balaban J connectivity index is 2.28. The van der Waals surface area contributed by atoms with E-state index in [4.69, 9.17) is 9.79 Å². The van der Waals surface area contributed by atoms with Crippen LogP contribution in [-0.2, 0) is 9.98 Å². The lowest BCUT2D eigenvalue weighted by Crippen LogP contribution is -2.18. The molecule has 0 aliphatic rings. The number of hydrogen-bond acceptors (Lipinski definition) is 3. The summed E-state index contributed by atoms with van der Waals surface area (Å²) in [7, 11) is -4.53. The third-order valence-electron chi connectivity index (χ3n) is 3.39. The lowest BCUT2D eigenvalue weighted by atomic mass is 9.78. The van der Waals surface area contributed by atoms with E-state index in [1.807, 2.05) is 26.0 Å². The Labute approximate surface area is 123 Å². The van der Waals surface area contributed by atoms with Crippen molar-refractivity contribution in [3.63, 3.8) is 0 Å². The molecule has 0 bridgehead atoms. The Morgan fingerprint density at radius 3 is 1.76 bits per heavy atom. The van der Waals surface area contributed by atoms with Gasteiger partial charge in [-0.2, -0.15) is 0 Å². The molecule has 0 aromatic heterocycles. The zero-order valence-electron chi connectivity index (χ0n) is 11.7. The van der Waals surface area contributed by atoms with E-state index in [9.17, 15) is 9.67 Å². The van der Waals surface area contributed by atoms with E-state index in [0.29, 0.717) is 0 Å². The molecule has 0 aliphatic heterocycles. The van der Waals surface area contributed by atoms with E-state index in [1.165, 1.54) is 12.1 Å². The van der Waals surface area contributed by atoms with Gasteiger partial charge < -0.3 is 9.63 Å². The zero-order valence-corrected chi connectivity index (χ0v) is 12.6. The summed E-state index contributed by atoms with van der Waals surface area (Å²) in [5.41, 5.74) is 1.67. The summed E-state index contributed by atoms with van der Waals surface area (Å²) in [6.07, 6.45) is 0. The number of phosphoric ester groups is 1. The van der Waals surface area contributed by atoms with Crippen LogP contribution in [0.15, 0.2) is 48.5 Å². The third kappa shape index (κ3) is 3.85. The van der Waals surface area contributed by atoms with Gasteiger partial charge in [-0.3, -0.25) is 9.79 Å². The number of phenols is 1. The van der Waals surface area contributed by atoms with Crippen LogP contribution in [0.5, 0.6) is 11.5 Å². The van der Waals surface area contributed by atoms with Gasteiger partial charge in [0.1, 0.15) is 11.5 Å². The largest absolute Gasteiger partial charge is 0.524 e. The second-order valence-corrected chi connectivity index (χ2v) is 6.44. The van der Waals surface area contributed by atoms with Gasteiger partial charge in [-0.15, -0.1) is 0 Å². The Bertz CT molecular complexity index is 655. The van der Waals surface area contributed by atoms with Crippen molar-refractivity contribution >= 4 is 7.82 Å². The predicted molar refractivity (Wildman–Crippen MR) is 79.3 cm³/mol. The van der Waals surface area contributed by atoms with Crippen LogP contribution in [0.25, 0.3) is 0 Å². The molecule has 0 fully saturated rings. The molecule has 2 aromatic rings. The number of aromatic hydroxyl groups is 1. The van der Waals surface area contributed by atoms with Crippen LogP contribution in [0.2, 0.25) is 0 Å². The molecule has 2 rings (SSSR count). The smallest absolute Gasteiger partial charge is 0.508 e. The maximum Gasteiger partial charge on any atom is 0.524 e. The van der Waals surface area contributed by atoms with Gasteiger partial charge in [-0.25, -0.2) is 4.57 Å². The predicted octanol–water partition coefficient (Wildman–Crippen LogP) is 3.19. The summed E-state index contributed by atoms with van der Waals surface area (Å²) in [6.45, 7) is 4.05. The number of hydrogen-bond donors (Lipinski definition) is 3. The highest BCUT2D eigenvalue weighted by Crippen LogP contribution is 2.39. The molecule has 5 nitrogen and oxygen atoms in total. The normalized spacial score (nSPS) is 12.2.